The Balaban J connectivity index is 4.20. The van der Waals surface area contributed by atoms with Gasteiger partial charge in [-0.3, -0.25) is 28.9 Å². The summed E-state index contributed by atoms with van der Waals surface area (Å²) in [7, 11) is 0. The molecule has 12 nitrogen and oxygen atoms in total. The predicted octanol–water partition coefficient (Wildman–Crippen LogP) is -2.21. The Morgan fingerprint density at radius 2 is 0.818 bits per heavy atom. The molecule has 0 aliphatic rings. The van der Waals surface area contributed by atoms with Gasteiger partial charge in [0, 0.05) is 0 Å². The average Bonchev–Trinajstić information content (AvgIpc) is 2.31. The number of carbonyl (C=O) groups is 4. The van der Waals surface area contributed by atoms with Crippen molar-refractivity contribution in [2.45, 2.75) is 0 Å². The molecule has 0 saturated carbocycles. The number of hydroxylamine groups is 4. The number of carboxylic acid groups (broad SMARTS) is 4. The Hall–Kier alpha value is -2.28. The molecule has 0 unspecified atom stereocenters. The molecule has 12 heteroatoms. The largest absolute Gasteiger partial charge is 0.480 e. The molecule has 4 N–H and O–H groups in total. The quantitative estimate of drug-likeness (QED) is 0.213. The van der Waals surface area contributed by atoms with Crippen molar-refractivity contribution in [1.82, 2.24) is 10.1 Å². The second-order valence-electron chi connectivity index (χ2n) is 3.84. The first kappa shape index (κ1) is 19.7. The summed E-state index contributed by atoms with van der Waals surface area (Å²) < 4.78 is 0. The number of hydrogen-bond acceptors (Lipinski definition) is 8. The molecule has 0 atom stereocenters. The van der Waals surface area contributed by atoms with E-state index in [0.29, 0.717) is 10.1 Å². The van der Waals surface area contributed by atoms with Gasteiger partial charge < -0.3 is 20.4 Å². The zero-order valence-corrected chi connectivity index (χ0v) is 11.4. The van der Waals surface area contributed by atoms with E-state index in [1.165, 1.54) is 0 Å². The van der Waals surface area contributed by atoms with E-state index in [0.717, 1.165) is 0 Å². The van der Waals surface area contributed by atoms with Gasteiger partial charge in [-0.1, -0.05) is 0 Å². The van der Waals surface area contributed by atoms with E-state index >= 15 is 0 Å². The molecule has 0 spiro atoms. The molecule has 0 bridgehead atoms. The lowest BCUT2D eigenvalue weighted by molar-refractivity contribution is -0.220. The lowest BCUT2D eigenvalue weighted by atomic mass is 10.5. The summed E-state index contributed by atoms with van der Waals surface area (Å²) in [6, 6.07) is 0. The summed E-state index contributed by atoms with van der Waals surface area (Å²) in [5.74, 6) is -5.22. The first-order valence-corrected chi connectivity index (χ1v) is 5.83. The van der Waals surface area contributed by atoms with Gasteiger partial charge in [-0.2, -0.15) is 10.1 Å². The van der Waals surface area contributed by atoms with E-state index in [4.69, 9.17) is 30.1 Å². The van der Waals surface area contributed by atoms with Gasteiger partial charge in [-0.25, -0.2) is 0 Å². The molecule has 22 heavy (non-hydrogen) atoms. The number of carboxylic acids is 4. The zero-order valence-electron chi connectivity index (χ0n) is 11.4. The fourth-order valence-electron chi connectivity index (χ4n) is 1.23. The number of rotatable bonds is 13. The molecule has 0 heterocycles. The van der Waals surface area contributed by atoms with Crippen LogP contribution in [0.1, 0.15) is 0 Å². The van der Waals surface area contributed by atoms with Crippen LogP contribution in [0.2, 0.25) is 0 Å². The van der Waals surface area contributed by atoms with Gasteiger partial charge in [0.05, 0.1) is 13.2 Å². The minimum atomic E-state index is -1.31. The fraction of sp³-hybridized carbons (Fsp3) is 0.600. The predicted molar refractivity (Wildman–Crippen MR) is 65.6 cm³/mol. The normalized spacial score (nSPS) is 10.8. The Bertz CT molecular complexity index is 343. The molecule has 0 aromatic rings. The summed E-state index contributed by atoms with van der Waals surface area (Å²) >= 11 is 0. The summed E-state index contributed by atoms with van der Waals surface area (Å²) in [6.07, 6.45) is 0. The fourth-order valence-corrected chi connectivity index (χ4v) is 1.23. The minimum absolute atomic E-state index is 0.295. The highest BCUT2D eigenvalue weighted by Crippen LogP contribution is 1.94. The van der Waals surface area contributed by atoms with Crippen molar-refractivity contribution in [1.29, 1.82) is 0 Å². The van der Waals surface area contributed by atoms with Crippen molar-refractivity contribution in [3.8, 4) is 0 Å². The lowest BCUT2D eigenvalue weighted by Crippen LogP contribution is -2.38. The molecule has 0 aromatic carbocycles. The Kier molecular flexibility index (Phi) is 9.36. The van der Waals surface area contributed by atoms with Gasteiger partial charge in [-0.15, -0.1) is 0 Å². The third kappa shape index (κ3) is 11.5. The first-order chi connectivity index (χ1) is 10.2. The van der Waals surface area contributed by atoms with Crippen LogP contribution < -0.4 is 0 Å². The van der Waals surface area contributed by atoms with Crippen molar-refractivity contribution in [3.63, 3.8) is 0 Å². The average molecular weight is 324 g/mol. The van der Waals surface area contributed by atoms with Crippen LogP contribution in [0.25, 0.3) is 0 Å². The molecule has 0 saturated heterocycles. The third-order valence-corrected chi connectivity index (χ3v) is 1.88. The second-order valence-corrected chi connectivity index (χ2v) is 3.84. The maximum atomic E-state index is 10.5. The highest BCUT2D eigenvalue weighted by Gasteiger charge is 2.16. The van der Waals surface area contributed by atoms with E-state index < -0.39 is 50.1 Å². The number of aliphatic carboxylic acids is 4. The van der Waals surface area contributed by atoms with Crippen LogP contribution in [0.4, 0.5) is 0 Å². The van der Waals surface area contributed by atoms with Crippen LogP contribution in [0, 0.1) is 0 Å². The lowest BCUT2D eigenvalue weighted by Gasteiger charge is -2.20. The Morgan fingerprint density at radius 1 is 0.591 bits per heavy atom. The van der Waals surface area contributed by atoms with Crippen LogP contribution in [0.5, 0.6) is 0 Å². The van der Waals surface area contributed by atoms with Crippen molar-refractivity contribution in [2.24, 2.45) is 0 Å². The maximum absolute atomic E-state index is 10.5. The van der Waals surface area contributed by atoms with Gasteiger partial charge in [0.1, 0.15) is 26.2 Å². The summed E-state index contributed by atoms with van der Waals surface area (Å²) in [5.41, 5.74) is 0. The smallest absolute Gasteiger partial charge is 0.320 e. The van der Waals surface area contributed by atoms with Crippen molar-refractivity contribution >= 4 is 23.9 Å². The molecule has 0 radical (unpaired) electrons. The van der Waals surface area contributed by atoms with E-state index in [9.17, 15) is 19.2 Å². The highest BCUT2D eigenvalue weighted by molar-refractivity contribution is 5.72. The SMILES string of the molecule is O=C(O)CN(CC(=O)O)OCCON(CC(=O)O)CC(=O)O. The van der Waals surface area contributed by atoms with Crippen LogP contribution >= 0.6 is 0 Å². The minimum Gasteiger partial charge on any atom is -0.480 e. The summed E-state index contributed by atoms with van der Waals surface area (Å²) in [5, 5.41) is 35.5. The molecule has 0 aliphatic carbocycles. The van der Waals surface area contributed by atoms with E-state index in [1.54, 1.807) is 0 Å². The van der Waals surface area contributed by atoms with Gasteiger partial charge in [0.15, 0.2) is 0 Å². The zero-order chi connectivity index (χ0) is 17.1. The van der Waals surface area contributed by atoms with Crippen molar-refractivity contribution < 1.29 is 49.3 Å². The molecule has 0 aromatic heterocycles. The molecular weight excluding hydrogens is 308 g/mol. The number of hydrogen-bond donors (Lipinski definition) is 4. The Labute approximate surface area is 124 Å². The van der Waals surface area contributed by atoms with Crippen LogP contribution in [0.3, 0.4) is 0 Å². The van der Waals surface area contributed by atoms with Crippen molar-refractivity contribution in [3.05, 3.63) is 0 Å². The monoisotopic (exact) mass is 324 g/mol. The number of nitrogens with zero attached hydrogens (tertiary/aromatic N) is 2. The van der Waals surface area contributed by atoms with Crippen LogP contribution in [-0.4, -0.2) is 93.8 Å². The summed E-state index contributed by atoms with van der Waals surface area (Å²) in [4.78, 5) is 51.7. The first-order valence-electron chi connectivity index (χ1n) is 5.83. The van der Waals surface area contributed by atoms with Crippen LogP contribution in [-0.2, 0) is 28.9 Å². The van der Waals surface area contributed by atoms with Gasteiger partial charge >= 0.3 is 23.9 Å². The molecule has 0 aliphatic heterocycles. The molecule has 126 valence electrons. The van der Waals surface area contributed by atoms with E-state index in [-0.39, 0.29) is 13.2 Å². The van der Waals surface area contributed by atoms with Crippen LogP contribution in [0.15, 0.2) is 0 Å². The van der Waals surface area contributed by atoms with Crippen molar-refractivity contribution in [2.75, 3.05) is 39.4 Å². The summed E-state index contributed by atoms with van der Waals surface area (Å²) in [6.45, 7) is -3.31. The van der Waals surface area contributed by atoms with E-state index in [1.807, 2.05) is 0 Å². The molecule has 0 fully saturated rings. The third-order valence-electron chi connectivity index (χ3n) is 1.88. The Morgan fingerprint density at radius 3 is 1.00 bits per heavy atom. The van der Waals surface area contributed by atoms with E-state index in [2.05, 4.69) is 0 Å². The van der Waals surface area contributed by atoms with Gasteiger partial charge in [-0.05, 0) is 0 Å². The standard InChI is InChI=1S/C10H16N2O10/c13-7(14)3-11(4-8(15)16)21-1-2-22-12(5-9(17)18)6-10(19)20/h1-6H2,(H,13,14)(H,15,16)(H,17,18)(H,19,20). The molecular formula is C10H16N2O10. The highest BCUT2D eigenvalue weighted by atomic mass is 16.7. The topological polar surface area (TPSA) is 174 Å². The second kappa shape index (κ2) is 10.4. The molecule has 0 amide bonds. The van der Waals surface area contributed by atoms with Gasteiger partial charge in [0.25, 0.3) is 0 Å². The van der Waals surface area contributed by atoms with Gasteiger partial charge in [0.2, 0.25) is 0 Å². The maximum Gasteiger partial charge on any atom is 0.320 e. The molecule has 0 rings (SSSR count).